The summed E-state index contributed by atoms with van der Waals surface area (Å²) in [6.07, 6.45) is 0. The maximum atomic E-state index is 13.2. The van der Waals surface area contributed by atoms with Gasteiger partial charge in [0.1, 0.15) is 17.3 Å². The Hall–Kier alpha value is -4.06. The first-order valence-corrected chi connectivity index (χ1v) is 10.1. The number of ether oxygens (including phenoxy) is 2. The average Bonchev–Trinajstić information content (AvgIpc) is 3.09. The molecule has 1 N–H and O–H groups in total. The minimum absolute atomic E-state index is 0.0357. The van der Waals surface area contributed by atoms with Gasteiger partial charge in [0.2, 0.25) is 0 Å². The maximum absolute atomic E-state index is 13.2. The third-order valence-corrected chi connectivity index (χ3v) is 5.50. The molecule has 1 aliphatic heterocycles. The highest BCUT2D eigenvalue weighted by Crippen LogP contribution is 2.43. The fourth-order valence-corrected chi connectivity index (χ4v) is 3.92. The van der Waals surface area contributed by atoms with E-state index in [0.29, 0.717) is 22.7 Å². The summed E-state index contributed by atoms with van der Waals surface area (Å²) in [5.41, 5.74) is 2.66. The van der Waals surface area contributed by atoms with Crippen LogP contribution < -0.4 is 14.4 Å². The summed E-state index contributed by atoms with van der Waals surface area (Å²) in [5, 5.41) is 11.2. The van der Waals surface area contributed by atoms with Gasteiger partial charge in [-0.1, -0.05) is 35.9 Å². The zero-order chi connectivity index (χ0) is 22.8. The number of rotatable bonds is 5. The molecular weight excluding hydrogens is 406 g/mol. The van der Waals surface area contributed by atoms with Crippen molar-refractivity contribution in [2.24, 2.45) is 0 Å². The van der Waals surface area contributed by atoms with Gasteiger partial charge in [-0.2, -0.15) is 0 Å². The molecule has 32 heavy (non-hydrogen) atoms. The molecule has 0 spiro atoms. The third-order valence-electron chi connectivity index (χ3n) is 5.50. The van der Waals surface area contributed by atoms with Gasteiger partial charge in [0.25, 0.3) is 11.7 Å². The second-order valence-corrected chi connectivity index (χ2v) is 7.51. The summed E-state index contributed by atoms with van der Waals surface area (Å²) in [6, 6.07) is 20.4. The van der Waals surface area contributed by atoms with E-state index < -0.39 is 17.7 Å². The number of carbonyl (C=O) groups is 2. The number of amides is 1. The number of benzene rings is 3. The molecule has 0 aromatic heterocycles. The van der Waals surface area contributed by atoms with Crippen molar-refractivity contribution in [2.45, 2.75) is 13.0 Å². The quantitative estimate of drug-likeness (QED) is 0.363. The van der Waals surface area contributed by atoms with Gasteiger partial charge in [-0.15, -0.1) is 0 Å². The first kappa shape index (κ1) is 21.2. The van der Waals surface area contributed by atoms with E-state index in [1.54, 1.807) is 55.6 Å². The Morgan fingerprint density at radius 3 is 2.22 bits per heavy atom. The van der Waals surface area contributed by atoms with Gasteiger partial charge < -0.3 is 14.6 Å². The van der Waals surface area contributed by atoms with Gasteiger partial charge >= 0.3 is 0 Å². The molecule has 0 aliphatic carbocycles. The fourth-order valence-electron chi connectivity index (χ4n) is 3.92. The largest absolute Gasteiger partial charge is 0.507 e. The standard InChI is InChI=1S/C26H23NO5/c1-16-6-4-7-18(14-16)23-22(24(28)17-10-12-20(31-2)13-11-17)25(29)26(30)27(23)19-8-5-9-21(15-19)32-3/h4-15,23,28H,1-3H3/b24-22+. The zero-order valence-electron chi connectivity index (χ0n) is 18.0. The van der Waals surface area contributed by atoms with Crippen LogP contribution in [0.5, 0.6) is 11.5 Å². The molecule has 1 heterocycles. The van der Waals surface area contributed by atoms with Crippen molar-refractivity contribution in [1.82, 2.24) is 0 Å². The summed E-state index contributed by atoms with van der Waals surface area (Å²) in [6.45, 7) is 1.94. The lowest BCUT2D eigenvalue weighted by Crippen LogP contribution is -2.29. The fraction of sp³-hybridized carbons (Fsp3) is 0.154. The number of nitrogens with zero attached hydrogens (tertiary/aromatic N) is 1. The highest BCUT2D eigenvalue weighted by atomic mass is 16.5. The van der Waals surface area contributed by atoms with E-state index in [1.165, 1.54) is 12.0 Å². The van der Waals surface area contributed by atoms with Gasteiger partial charge in [0, 0.05) is 17.3 Å². The molecule has 162 valence electrons. The van der Waals surface area contributed by atoms with Crippen molar-refractivity contribution in [3.63, 3.8) is 0 Å². The molecular formula is C26H23NO5. The Labute approximate surface area is 186 Å². The number of anilines is 1. The molecule has 0 saturated carbocycles. The van der Waals surface area contributed by atoms with Crippen molar-refractivity contribution >= 4 is 23.1 Å². The van der Waals surface area contributed by atoms with E-state index >= 15 is 0 Å². The van der Waals surface area contributed by atoms with Gasteiger partial charge in [-0.3, -0.25) is 14.5 Å². The van der Waals surface area contributed by atoms with E-state index in [1.807, 2.05) is 31.2 Å². The molecule has 1 amide bonds. The summed E-state index contributed by atoms with van der Waals surface area (Å²) in [7, 11) is 3.08. The molecule has 6 nitrogen and oxygen atoms in total. The van der Waals surface area contributed by atoms with Gasteiger partial charge in [0.05, 0.1) is 25.8 Å². The highest BCUT2D eigenvalue weighted by Gasteiger charge is 2.47. The van der Waals surface area contributed by atoms with Gasteiger partial charge in [-0.05, 0) is 48.9 Å². The summed E-state index contributed by atoms with van der Waals surface area (Å²) >= 11 is 0. The number of methoxy groups -OCH3 is 2. The predicted molar refractivity (Wildman–Crippen MR) is 122 cm³/mol. The first-order valence-electron chi connectivity index (χ1n) is 10.1. The number of hydrogen-bond donors (Lipinski definition) is 1. The van der Waals surface area contributed by atoms with Crippen molar-refractivity contribution in [2.75, 3.05) is 19.1 Å². The molecule has 6 heteroatoms. The monoisotopic (exact) mass is 429 g/mol. The third kappa shape index (κ3) is 3.71. The number of carbonyl (C=O) groups excluding carboxylic acids is 2. The molecule has 3 aromatic carbocycles. The number of Topliss-reactive ketones (excluding diaryl/α,β-unsaturated/α-hetero) is 1. The molecule has 1 aliphatic rings. The second-order valence-electron chi connectivity index (χ2n) is 7.51. The topological polar surface area (TPSA) is 76.1 Å². The number of hydrogen-bond acceptors (Lipinski definition) is 5. The highest BCUT2D eigenvalue weighted by molar-refractivity contribution is 6.51. The number of aryl methyl sites for hydroxylation is 1. The summed E-state index contributed by atoms with van der Waals surface area (Å²) < 4.78 is 10.5. The Morgan fingerprint density at radius 1 is 0.875 bits per heavy atom. The lowest BCUT2D eigenvalue weighted by Gasteiger charge is -2.26. The smallest absolute Gasteiger partial charge is 0.300 e. The molecule has 1 saturated heterocycles. The van der Waals surface area contributed by atoms with Crippen LogP contribution in [0.3, 0.4) is 0 Å². The van der Waals surface area contributed by atoms with Crippen LogP contribution in [-0.2, 0) is 9.59 Å². The normalized spacial score (nSPS) is 17.5. The lowest BCUT2D eigenvalue weighted by molar-refractivity contribution is -0.132. The minimum Gasteiger partial charge on any atom is -0.507 e. The van der Waals surface area contributed by atoms with E-state index in [2.05, 4.69) is 0 Å². The Kier molecular flexibility index (Phi) is 5.69. The van der Waals surface area contributed by atoms with Crippen LogP contribution in [0, 0.1) is 6.92 Å². The van der Waals surface area contributed by atoms with Crippen LogP contribution in [0.4, 0.5) is 5.69 Å². The van der Waals surface area contributed by atoms with Crippen molar-refractivity contribution in [1.29, 1.82) is 0 Å². The Balaban J connectivity index is 1.93. The lowest BCUT2D eigenvalue weighted by atomic mass is 9.94. The van der Waals surface area contributed by atoms with Crippen molar-refractivity contribution < 1.29 is 24.2 Å². The molecule has 1 fully saturated rings. The number of aliphatic hydroxyl groups is 1. The molecule has 0 radical (unpaired) electrons. The molecule has 4 rings (SSSR count). The zero-order valence-corrected chi connectivity index (χ0v) is 18.0. The van der Waals surface area contributed by atoms with Crippen LogP contribution in [0.25, 0.3) is 5.76 Å². The Morgan fingerprint density at radius 2 is 1.56 bits per heavy atom. The van der Waals surface area contributed by atoms with Gasteiger partial charge in [-0.25, -0.2) is 0 Å². The minimum atomic E-state index is -0.788. The first-order chi connectivity index (χ1) is 15.4. The van der Waals surface area contributed by atoms with Crippen LogP contribution >= 0.6 is 0 Å². The van der Waals surface area contributed by atoms with Crippen molar-refractivity contribution in [3.8, 4) is 11.5 Å². The van der Waals surface area contributed by atoms with E-state index in [4.69, 9.17) is 9.47 Å². The van der Waals surface area contributed by atoms with E-state index in [0.717, 1.165) is 11.1 Å². The van der Waals surface area contributed by atoms with Gasteiger partial charge in [0.15, 0.2) is 0 Å². The van der Waals surface area contributed by atoms with Crippen LogP contribution in [-0.4, -0.2) is 31.0 Å². The average molecular weight is 429 g/mol. The number of aliphatic hydroxyl groups excluding tert-OH is 1. The number of ketones is 1. The van der Waals surface area contributed by atoms with E-state index in [9.17, 15) is 14.7 Å². The van der Waals surface area contributed by atoms with Crippen molar-refractivity contribution in [3.05, 3.63) is 95.1 Å². The molecule has 1 atom stereocenters. The Bertz CT molecular complexity index is 1210. The second kappa shape index (κ2) is 8.59. The summed E-state index contributed by atoms with van der Waals surface area (Å²) in [4.78, 5) is 27.8. The SMILES string of the molecule is COc1ccc(/C(O)=C2\C(=O)C(=O)N(c3cccc(OC)c3)C2c2cccc(C)c2)cc1. The molecule has 0 bridgehead atoms. The van der Waals surface area contributed by atoms with E-state index in [-0.39, 0.29) is 11.3 Å². The summed E-state index contributed by atoms with van der Waals surface area (Å²) in [5.74, 6) is -0.508. The molecule has 1 unspecified atom stereocenters. The van der Waals surface area contributed by atoms with Crippen LogP contribution in [0.1, 0.15) is 22.7 Å². The predicted octanol–water partition coefficient (Wildman–Crippen LogP) is 4.64. The maximum Gasteiger partial charge on any atom is 0.300 e. The molecule has 3 aromatic rings. The van der Waals surface area contributed by atoms with Crippen LogP contribution in [0.2, 0.25) is 0 Å². The van der Waals surface area contributed by atoms with Crippen LogP contribution in [0.15, 0.2) is 78.4 Å².